The summed E-state index contributed by atoms with van der Waals surface area (Å²) in [5.74, 6) is 0.161. The van der Waals surface area contributed by atoms with E-state index in [-0.39, 0.29) is 17.2 Å². The van der Waals surface area contributed by atoms with Crippen molar-refractivity contribution in [3.05, 3.63) is 29.3 Å². The fourth-order valence-electron chi connectivity index (χ4n) is 2.59. The third kappa shape index (κ3) is 3.15. The van der Waals surface area contributed by atoms with Crippen LogP contribution < -0.4 is 10.0 Å². The SMILES string of the molecule is CC(N)c1ccc2c(c1)CCN2S(=O)(=O)CC(C)(C)C. The van der Waals surface area contributed by atoms with Crippen LogP contribution in [0.3, 0.4) is 0 Å². The Morgan fingerprint density at radius 3 is 2.55 bits per heavy atom. The van der Waals surface area contributed by atoms with Crippen molar-refractivity contribution in [1.29, 1.82) is 0 Å². The van der Waals surface area contributed by atoms with Crippen LogP contribution in [0.5, 0.6) is 0 Å². The number of rotatable bonds is 3. The molecular formula is C15H24N2O2S. The molecule has 1 aliphatic rings. The summed E-state index contributed by atoms with van der Waals surface area (Å²) in [6, 6.07) is 5.82. The van der Waals surface area contributed by atoms with Gasteiger partial charge in [0.25, 0.3) is 0 Å². The lowest BCUT2D eigenvalue weighted by molar-refractivity contribution is 0.461. The van der Waals surface area contributed by atoms with Crippen LogP contribution in [0.2, 0.25) is 0 Å². The standard InChI is InChI=1S/C15H24N2O2S/c1-11(16)12-5-6-14-13(9-12)7-8-17(14)20(18,19)10-15(2,3)4/h5-6,9,11H,7-8,10,16H2,1-4H3. The molecule has 1 unspecified atom stereocenters. The average molecular weight is 296 g/mol. The van der Waals surface area contributed by atoms with Crippen molar-refractivity contribution in [2.45, 2.75) is 40.2 Å². The second kappa shape index (κ2) is 5.04. The predicted octanol–water partition coefficient (Wildman–Crippen LogP) is 2.44. The summed E-state index contributed by atoms with van der Waals surface area (Å²) in [5, 5.41) is 0. The molecule has 2 rings (SSSR count). The molecule has 4 nitrogen and oxygen atoms in total. The second-order valence-corrected chi connectivity index (χ2v) is 8.71. The Balaban J connectivity index is 2.33. The minimum Gasteiger partial charge on any atom is -0.324 e. The third-order valence-corrected chi connectivity index (χ3v) is 5.72. The molecule has 112 valence electrons. The van der Waals surface area contributed by atoms with Crippen LogP contribution in [0, 0.1) is 5.41 Å². The maximum absolute atomic E-state index is 12.5. The molecule has 1 heterocycles. The van der Waals surface area contributed by atoms with Gasteiger partial charge in [0.1, 0.15) is 0 Å². The number of sulfonamides is 1. The van der Waals surface area contributed by atoms with Crippen molar-refractivity contribution in [2.24, 2.45) is 11.1 Å². The van der Waals surface area contributed by atoms with Crippen molar-refractivity contribution in [2.75, 3.05) is 16.6 Å². The first kappa shape index (κ1) is 15.3. The predicted molar refractivity (Wildman–Crippen MR) is 83.3 cm³/mol. The van der Waals surface area contributed by atoms with E-state index in [0.717, 1.165) is 23.2 Å². The second-order valence-electron chi connectivity index (χ2n) is 6.82. The van der Waals surface area contributed by atoms with E-state index in [1.807, 2.05) is 45.9 Å². The van der Waals surface area contributed by atoms with Crippen molar-refractivity contribution in [3.8, 4) is 0 Å². The largest absolute Gasteiger partial charge is 0.324 e. The molecule has 0 amide bonds. The number of benzene rings is 1. The molecule has 0 bridgehead atoms. The summed E-state index contributed by atoms with van der Waals surface area (Å²) in [7, 11) is -3.26. The van der Waals surface area contributed by atoms with Crippen molar-refractivity contribution in [1.82, 2.24) is 0 Å². The van der Waals surface area contributed by atoms with E-state index >= 15 is 0 Å². The smallest absolute Gasteiger partial charge is 0.235 e. The van der Waals surface area contributed by atoms with Gasteiger partial charge in [0.15, 0.2) is 0 Å². The molecule has 0 saturated heterocycles. The van der Waals surface area contributed by atoms with Crippen molar-refractivity contribution < 1.29 is 8.42 Å². The lowest BCUT2D eigenvalue weighted by Crippen LogP contribution is -2.35. The first-order valence-corrected chi connectivity index (χ1v) is 8.60. The maximum atomic E-state index is 12.5. The summed E-state index contributed by atoms with van der Waals surface area (Å²) in [4.78, 5) is 0. The number of fused-ring (bicyclic) bond motifs is 1. The van der Waals surface area contributed by atoms with Crippen LogP contribution in [0.15, 0.2) is 18.2 Å². The lowest BCUT2D eigenvalue weighted by Gasteiger charge is -2.25. The molecule has 0 aliphatic carbocycles. The van der Waals surface area contributed by atoms with Gasteiger partial charge in [-0.2, -0.15) is 0 Å². The number of anilines is 1. The Kier molecular flexibility index (Phi) is 3.86. The van der Waals surface area contributed by atoms with Gasteiger partial charge in [0.05, 0.1) is 11.4 Å². The summed E-state index contributed by atoms with van der Waals surface area (Å²) in [5.41, 5.74) is 8.59. The molecule has 2 N–H and O–H groups in total. The zero-order chi connectivity index (χ0) is 15.1. The average Bonchev–Trinajstić information content (AvgIpc) is 2.68. The first-order valence-electron chi connectivity index (χ1n) is 6.99. The fourth-order valence-corrected chi connectivity index (χ4v) is 4.69. The molecule has 1 aromatic carbocycles. The van der Waals surface area contributed by atoms with E-state index in [0.29, 0.717) is 6.54 Å². The molecule has 0 radical (unpaired) electrons. The number of nitrogens with two attached hydrogens (primary N) is 1. The van der Waals surface area contributed by atoms with Crippen molar-refractivity contribution in [3.63, 3.8) is 0 Å². The van der Waals surface area contributed by atoms with Crippen LogP contribution in [0.4, 0.5) is 5.69 Å². The quantitative estimate of drug-likeness (QED) is 0.932. The van der Waals surface area contributed by atoms with Gasteiger partial charge in [0.2, 0.25) is 10.0 Å². The highest BCUT2D eigenvalue weighted by Crippen LogP contribution is 2.33. The zero-order valence-electron chi connectivity index (χ0n) is 12.7. The zero-order valence-corrected chi connectivity index (χ0v) is 13.5. The van der Waals surface area contributed by atoms with Gasteiger partial charge in [-0.1, -0.05) is 32.9 Å². The number of hydrogen-bond acceptors (Lipinski definition) is 3. The van der Waals surface area contributed by atoms with E-state index in [4.69, 9.17) is 5.73 Å². The summed E-state index contributed by atoms with van der Waals surface area (Å²) in [6.45, 7) is 8.31. The normalized spacial score (nSPS) is 17.1. The number of nitrogens with zero attached hydrogens (tertiary/aromatic N) is 1. The van der Waals surface area contributed by atoms with E-state index in [1.54, 1.807) is 4.31 Å². The molecule has 0 fully saturated rings. The molecule has 1 aliphatic heterocycles. The summed E-state index contributed by atoms with van der Waals surface area (Å²) >= 11 is 0. The highest BCUT2D eigenvalue weighted by molar-refractivity contribution is 7.92. The molecule has 0 saturated carbocycles. The van der Waals surface area contributed by atoms with Crippen molar-refractivity contribution >= 4 is 15.7 Å². The molecule has 0 spiro atoms. The minimum atomic E-state index is -3.26. The van der Waals surface area contributed by atoms with Gasteiger partial charge >= 0.3 is 0 Å². The third-order valence-electron chi connectivity index (χ3n) is 3.43. The highest BCUT2D eigenvalue weighted by atomic mass is 32.2. The molecule has 1 atom stereocenters. The van der Waals surface area contributed by atoms with E-state index in [1.165, 1.54) is 0 Å². The Hall–Kier alpha value is -1.07. The number of hydrogen-bond donors (Lipinski definition) is 1. The topological polar surface area (TPSA) is 63.4 Å². The van der Waals surface area contributed by atoms with Gasteiger partial charge in [-0.15, -0.1) is 0 Å². The Bertz CT molecular complexity index is 601. The Labute approximate surface area is 122 Å². The van der Waals surface area contributed by atoms with Gasteiger partial charge in [-0.3, -0.25) is 4.31 Å². The summed E-state index contributed by atoms with van der Waals surface area (Å²) < 4.78 is 26.6. The molecule has 20 heavy (non-hydrogen) atoms. The highest BCUT2D eigenvalue weighted by Gasteiger charge is 2.32. The van der Waals surface area contributed by atoms with E-state index in [9.17, 15) is 8.42 Å². The van der Waals surface area contributed by atoms with E-state index in [2.05, 4.69) is 0 Å². The lowest BCUT2D eigenvalue weighted by atomic mass is 10.0. The minimum absolute atomic E-state index is 0.0273. The van der Waals surface area contributed by atoms with Gasteiger partial charge in [-0.25, -0.2) is 8.42 Å². The molecule has 5 heteroatoms. The van der Waals surface area contributed by atoms with Crippen LogP contribution in [-0.2, 0) is 16.4 Å². The molecule has 1 aromatic rings. The molecule has 0 aromatic heterocycles. The maximum Gasteiger partial charge on any atom is 0.235 e. The Morgan fingerprint density at radius 2 is 2.00 bits per heavy atom. The van der Waals surface area contributed by atoms with Gasteiger partial charge in [-0.05, 0) is 36.0 Å². The van der Waals surface area contributed by atoms with Gasteiger partial charge < -0.3 is 5.73 Å². The van der Waals surface area contributed by atoms with Crippen LogP contribution in [0.1, 0.15) is 44.9 Å². The van der Waals surface area contributed by atoms with Crippen LogP contribution in [-0.4, -0.2) is 20.7 Å². The fraction of sp³-hybridized carbons (Fsp3) is 0.600. The van der Waals surface area contributed by atoms with Crippen LogP contribution in [0.25, 0.3) is 0 Å². The van der Waals surface area contributed by atoms with Crippen LogP contribution >= 0.6 is 0 Å². The first-order chi connectivity index (χ1) is 9.10. The van der Waals surface area contributed by atoms with Gasteiger partial charge in [0, 0.05) is 12.6 Å². The monoisotopic (exact) mass is 296 g/mol. The Morgan fingerprint density at radius 1 is 1.35 bits per heavy atom. The molecular weight excluding hydrogens is 272 g/mol. The van der Waals surface area contributed by atoms with E-state index < -0.39 is 10.0 Å². The summed E-state index contributed by atoms with van der Waals surface area (Å²) in [6.07, 6.45) is 0.763.